The quantitative estimate of drug-likeness (QED) is 0.864. The minimum Gasteiger partial charge on any atom is -0.368 e. The van der Waals surface area contributed by atoms with Gasteiger partial charge in [0.1, 0.15) is 0 Å². The number of amides is 3. The summed E-state index contributed by atoms with van der Waals surface area (Å²) in [5.74, 6) is -0.231. The second-order valence-corrected chi connectivity index (χ2v) is 6.02. The molecule has 1 aromatic carbocycles. The Morgan fingerprint density at radius 1 is 0.958 bits per heavy atom. The van der Waals surface area contributed by atoms with Gasteiger partial charge in [-0.15, -0.1) is 0 Å². The van der Waals surface area contributed by atoms with Gasteiger partial charge in [0.15, 0.2) is 0 Å². The van der Waals surface area contributed by atoms with Crippen molar-refractivity contribution in [3.05, 3.63) is 30.6 Å². The minimum atomic E-state index is -0.381. The Bertz CT molecular complexity index is 801. The van der Waals surface area contributed by atoms with Gasteiger partial charge in [-0.3, -0.25) is 20.0 Å². The molecule has 3 heterocycles. The molecule has 2 N–H and O–H groups in total. The van der Waals surface area contributed by atoms with Crippen molar-refractivity contribution in [3.63, 3.8) is 0 Å². The summed E-state index contributed by atoms with van der Waals surface area (Å²) in [6.07, 6.45) is 3.85. The molecule has 3 amide bonds. The molecule has 1 aromatic heterocycles. The van der Waals surface area contributed by atoms with E-state index in [1.165, 1.54) is 0 Å². The lowest BCUT2D eigenvalue weighted by Gasteiger charge is -2.31. The fraction of sp³-hybridized carbons (Fsp3) is 0.353. The number of fused-ring (bicyclic) bond motifs is 1. The molecule has 24 heavy (non-hydrogen) atoms. The highest BCUT2D eigenvalue weighted by Gasteiger charge is 2.26. The van der Waals surface area contributed by atoms with Gasteiger partial charge in [0.2, 0.25) is 5.91 Å². The topological polar surface area (TPSA) is 77.6 Å². The third kappa shape index (κ3) is 2.56. The molecule has 0 aliphatic carbocycles. The summed E-state index contributed by atoms with van der Waals surface area (Å²) >= 11 is 0. The number of rotatable bonds is 2. The predicted octanol–water partition coefficient (Wildman–Crippen LogP) is 1.09. The molecule has 2 saturated heterocycles. The van der Waals surface area contributed by atoms with Crippen molar-refractivity contribution in [2.24, 2.45) is 0 Å². The van der Waals surface area contributed by atoms with Crippen LogP contribution in [0.15, 0.2) is 30.6 Å². The zero-order chi connectivity index (χ0) is 16.5. The molecule has 4 rings (SSSR count). The number of nitrogens with one attached hydrogen (secondary N) is 2. The van der Waals surface area contributed by atoms with E-state index in [1.807, 2.05) is 18.3 Å². The maximum Gasteiger partial charge on any atom is 0.328 e. The van der Waals surface area contributed by atoms with E-state index in [-0.39, 0.29) is 11.9 Å². The van der Waals surface area contributed by atoms with Crippen LogP contribution in [-0.2, 0) is 4.79 Å². The second kappa shape index (κ2) is 6.09. The van der Waals surface area contributed by atoms with Crippen LogP contribution in [-0.4, -0.2) is 49.6 Å². The van der Waals surface area contributed by atoms with E-state index < -0.39 is 0 Å². The second-order valence-electron chi connectivity index (χ2n) is 6.02. The van der Waals surface area contributed by atoms with E-state index >= 15 is 0 Å². The van der Waals surface area contributed by atoms with Crippen LogP contribution in [0.5, 0.6) is 0 Å². The molecule has 7 nitrogen and oxygen atoms in total. The van der Waals surface area contributed by atoms with Gasteiger partial charge in [0, 0.05) is 61.8 Å². The van der Waals surface area contributed by atoms with Crippen molar-refractivity contribution >= 4 is 34.1 Å². The van der Waals surface area contributed by atoms with Crippen LogP contribution < -0.4 is 20.4 Å². The molecular formula is C17H19N5O2. The van der Waals surface area contributed by atoms with Gasteiger partial charge in [-0.2, -0.15) is 0 Å². The van der Waals surface area contributed by atoms with Crippen molar-refractivity contribution < 1.29 is 9.59 Å². The molecule has 2 aliphatic rings. The molecule has 124 valence electrons. The first-order chi connectivity index (χ1) is 11.7. The molecule has 2 aliphatic heterocycles. The average Bonchev–Trinajstić information content (AvgIpc) is 2.62. The minimum absolute atomic E-state index is 0.231. The first-order valence-corrected chi connectivity index (χ1v) is 8.18. The van der Waals surface area contributed by atoms with Crippen LogP contribution in [0.2, 0.25) is 0 Å². The van der Waals surface area contributed by atoms with E-state index in [0.717, 1.165) is 48.3 Å². The maximum absolute atomic E-state index is 12.2. The van der Waals surface area contributed by atoms with Crippen LogP contribution in [0, 0.1) is 0 Å². The van der Waals surface area contributed by atoms with Crippen molar-refractivity contribution in [3.8, 4) is 0 Å². The maximum atomic E-state index is 12.2. The van der Waals surface area contributed by atoms with Gasteiger partial charge in [-0.1, -0.05) is 12.1 Å². The van der Waals surface area contributed by atoms with E-state index in [4.69, 9.17) is 0 Å². The average molecular weight is 325 g/mol. The van der Waals surface area contributed by atoms with E-state index in [2.05, 4.69) is 26.6 Å². The van der Waals surface area contributed by atoms with Crippen LogP contribution in [0.25, 0.3) is 10.8 Å². The summed E-state index contributed by atoms with van der Waals surface area (Å²) in [7, 11) is 0. The van der Waals surface area contributed by atoms with Crippen molar-refractivity contribution in [2.75, 3.05) is 42.5 Å². The summed E-state index contributed by atoms with van der Waals surface area (Å²) in [5.41, 5.74) is 1.88. The molecular weight excluding hydrogens is 306 g/mol. The number of benzene rings is 1. The molecule has 0 unspecified atom stereocenters. The zero-order valence-corrected chi connectivity index (χ0v) is 13.3. The first-order valence-electron chi connectivity index (χ1n) is 8.18. The standard InChI is InChI=1S/C17H19N5O2/c23-16-4-7-22(17(24)20-16)15-11-19-10-13-12(15)2-1-3-14(13)21-8-5-18-6-9-21/h1-3,10-11,18H,4-9H2,(H,20,23,24). The molecule has 7 heteroatoms. The first kappa shape index (κ1) is 14.9. The third-order valence-corrected chi connectivity index (χ3v) is 4.56. The monoisotopic (exact) mass is 325 g/mol. The van der Waals surface area contributed by atoms with Crippen LogP contribution in [0.4, 0.5) is 16.2 Å². The Balaban J connectivity index is 1.78. The molecule has 0 saturated carbocycles. The van der Waals surface area contributed by atoms with E-state index in [0.29, 0.717) is 13.0 Å². The molecule has 0 radical (unpaired) electrons. The summed E-state index contributed by atoms with van der Waals surface area (Å²) < 4.78 is 0. The SMILES string of the molecule is O=C1CCN(c2cncc3c(N4CCNCC4)cccc23)C(=O)N1. The summed E-state index contributed by atoms with van der Waals surface area (Å²) in [6, 6.07) is 5.73. The summed E-state index contributed by atoms with van der Waals surface area (Å²) in [5, 5.41) is 7.73. The largest absolute Gasteiger partial charge is 0.368 e. The molecule has 2 fully saturated rings. The fourth-order valence-corrected chi connectivity index (χ4v) is 3.35. The van der Waals surface area contributed by atoms with Crippen molar-refractivity contribution in [2.45, 2.75) is 6.42 Å². The van der Waals surface area contributed by atoms with Crippen molar-refractivity contribution in [1.82, 2.24) is 15.6 Å². The number of urea groups is 1. The lowest BCUT2D eigenvalue weighted by atomic mass is 10.1. The molecule has 0 spiro atoms. The summed E-state index contributed by atoms with van der Waals surface area (Å²) in [4.78, 5) is 31.9. The number of pyridine rings is 1. The number of carbonyl (C=O) groups excluding carboxylic acids is 2. The Morgan fingerprint density at radius 2 is 1.79 bits per heavy atom. The van der Waals surface area contributed by atoms with Gasteiger partial charge >= 0.3 is 6.03 Å². The lowest BCUT2D eigenvalue weighted by Crippen LogP contribution is -2.49. The number of nitrogens with zero attached hydrogens (tertiary/aromatic N) is 3. The van der Waals surface area contributed by atoms with E-state index in [9.17, 15) is 9.59 Å². The highest BCUT2D eigenvalue weighted by atomic mass is 16.2. The van der Waals surface area contributed by atoms with Gasteiger partial charge in [-0.05, 0) is 6.07 Å². The molecule has 2 aromatic rings. The van der Waals surface area contributed by atoms with Gasteiger partial charge in [0.25, 0.3) is 0 Å². The Kier molecular flexibility index (Phi) is 3.78. The zero-order valence-electron chi connectivity index (χ0n) is 13.3. The number of imide groups is 1. The number of piperazine rings is 1. The van der Waals surface area contributed by atoms with Gasteiger partial charge < -0.3 is 10.2 Å². The molecule has 0 bridgehead atoms. The molecule has 0 atom stereocenters. The normalized spacial score (nSPS) is 18.8. The number of anilines is 2. The fourth-order valence-electron chi connectivity index (χ4n) is 3.35. The van der Waals surface area contributed by atoms with Crippen molar-refractivity contribution in [1.29, 1.82) is 0 Å². The lowest BCUT2D eigenvalue weighted by molar-refractivity contribution is -0.120. The Morgan fingerprint density at radius 3 is 2.58 bits per heavy atom. The highest BCUT2D eigenvalue weighted by Crippen LogP contribution is 2.33. The number of aromatic nitrogens is 1. The number of carbonyl (C=O) groups is 2. The van der Waals surface area contributed by atoms with Gasteiger partial charge in [0.05, 0.1) is 11.9 Å². The summed E-state index contributed by atoms with van der Waals surface area (Å²) in [6.45, 7) is 4.19. The number of hydrogen-bond donors (Lipinski definition) is 2. The van der Waals surface area contributed by atoms with E-state index in [1.54, 1.807) is 11.1 Å². The van der Waals surface area contributed by atoms with Crippen LogP contribution in [0.1, 0.15) is 6.42 Å². The van der Waals surface area contributed by atoms with Crippen LogP contribution >= 0.6 is 0 Å². The number of hydrogen-bond acceptors (Lipinski definition) is 5. The smallest absolute Gasteiger partial charge is 0.328 e. The highest BCUT2D eigenvalue weighted by molar-refractivity contribution is 6.11. The predicted molar refractivity (Wildman–Crippen MR) is 92.3 cm³/mol. The Hall–Kier alpha value is -2.67. The van der Waals surface area contributed by atoms with Crippen LogP contribution in [0.3, 0.4) is 0 Å². The van der Waals surface area contributed by atoms with Gasteiger partial charge in [-0.25, -0.2) is 4.79 Å². The third-order valence-electron chi connectivity index (χ3n) is 4.56. The Labute approximate surface area is 139 Å².